The molecule has 0 saturated heterocycles. The molecule has 1 fully saturated rings. The van der Waals surface area contributed by atoms with E-state index in [9.17, 15) is 13.2 Å². The Morgan fingerprint density at radius 1 is 1.00 bits per heavy atom. The molecule has 0 unspecified atom stereocenters. The first-order valence-corrected chi connectivity index (χ1v) is 11.8. The van der Waals surface area contributed by atoms with Crippen molar-refractivity contribution in [2.75, 3.05) is 7.05 Å². The molecular formula is C22H27ClN2O3S. The molecule has 0 aromatic heterocycles. The van der Waals surface area contributed by atoms with Crippen LogP contribution in [0.25, 0.3) is 0 Å². The fourth-order valence-electron chi connectivity index (χ4n) is 3.58. The second-order valence-electron chi connectivity index (χ2n) is 7.57. The fraction of sp³-hybridized carbons (Fsp3) is 0.409. The Labute approximate surface area is 178 Å². The average Bonchev–Trinajstić information content (AvgIpc) is 2.97. The molecule has 1 amide bonds. The molecule has 1 aliphatic carbocycles. The summed E-state index contributed by atoms with van der Waals surface area (Å²) < 4.78 is 26.7. The highest BCUT2D eigenvalue weighted by molar-refractivity contribution is 7.89. The Kier molecular flexibility index (Phi) is 7.33. The number of rotatable bonds is 6. The van der Waals surface area contributed by atoms with Crippen molar-refractivity contribution < 1.29 is 13.2 Å². The van der Waals surface area contributed by atoms with Crippen molar-refractivity contribution >= 4 is 27.5 Å². The molecule has 0 atom stereocenters. The molecule has 1 aliphatic rings. The van der Waals surface area contributed by atoms with Crippen molar-refractivity contribution in [3.63, 3.8) is 0 Å². The molecule has 0 heterocycles. The van der Waals surface area contributed by atoms with Gasteiger partial charge in [-0.1, -0.05) is 49.4 Å². The van der Waals surface area contributed by atoms with Crippen molar-refractivity contribution in [3.8, 4) is 0 Å². The van der Waals surface area contributed by atoms with E-state index in [1.54, 1.807) is 36.4 Å². The lowest BCUT2D eigenvalue weighted by molar-refractivity contribution is 0.0933. The summed E-state index contributed by atoms with van der Waals surface area (Å²) in [5, 5.41) is 3.62. The van der Waals surface area contributed by atoms with Gasteiger partial charge >= 0.3 is 0 Å². The highest BCUT2D eigenvalue weighted by Gasteiger charge is 2.21. The predicted molar refractivity (Wildman–Crippen MR) is 116 cm³/mol. The third-order valence-corrected chi connectivity index (χ3v) is 7.40. The van der Waals surface area contributed by atoms with Gasteiger partial charge in [0.1, 0.15) is 0 Å². The van der Waals surface area contributed by atoms with E-state index in [1.807, 2.05) is 0 Å². The minimum Gasteiger partial charge on any atom is -0.349 e. The molecule has 0 aliphatic heterocycles. The Morgan fingerprint density at radius 3 is 2.17 bits per heavy atom. The molecule has 1 saturated carbocycles. The van der Waals surface area contributed by atoms with Crippen molar-refractivity contribution in [2.45, 2.75) is 56.0 Å². The predicted octanol–water partition coefficient (Wildman–Crippen LogP) is 4.61. The standard InChI is InChI=1S/C22H27ClN2O3S/c1-25(29(27,28)21-14-12-19(23)13-15-21)16-17-8-10-18(11-9-17)22(26)24-20-6-4-2-3-5-7-20/h8-15,20H,2-7,16H2,1H3,(H,24,26). The number of nitrogens with one attached hydrogen (secondary N) is 1. The van der Waals surface area contributed by atoms with Gasteiger partial charge in [0.25, 0.3) is 5.91 Å². The maximum absolute atomic E-state index is 12.7. The molecule has 0 radical (unpaired) electrons. The fourth-order valence-corrected chi connectivity index (χ4v) is 4.87. The summed E-state index contributed by atoms with van der Waals surface area (Å²) in [4.78, 5) is 12.7. The largest absolute Gasteiger partial charge is 0.349 e. The van der Waals surface area contributed by atoms with E-state index in [4.69, 9.17) is 11.6 Å². The summed E-state index contributed by atoms with van der Waals surface area (Å²) in [5.41, 5.74) is 1.41. The van der Waals surface area contributed by atoms with Crippen LogP contribution in [0.2, 0.25) is 5.02 Å². The number of hydrogen-bond donors (Lipinski definition) is 1. The molecule has 0 bridgehead atoms. The van der Waals surface area contributed by atoms with E-state index in [-0.39, 0.29) is 23.4 Å². The zero-order valence-electron chi connectivity index (χ0n) is 16.6. The van der Waals surface area contributed by atoms with Crippen LogP contribution in [0.1, 0.15) is 54.4 Å². The molecule has 7 heteroatoms. The number of nitrogens with zero attached hydrogens (tertiary/aromatic N) is 1. The minimum absolute atomic E-state index is 0.0643. The normalized spacial score (nSPS) is 15.8. The Bertz CT molecular complexity index is 920. The van der Waals surface area contributed by atoms with E-state index < -0.39 is 10.0 Å². The third-order valence-electron chi connectivity index (χ3n) is 5.33. The summed E-state index contributed by atoms with van der Waals surface area (Å²) in [6, 6.07) is 13.5. The number of carbonyl (C=O) groups excluding carboxylic acids is 1. The number of hydrogen-bond acceptors (Lipinski definition) is 3. The van der Waals surface area contributed by atoms with Gasteiger partial charge in [-0.3, -0.25) is 4.79 Å². The summed E-state index contributed by atoms with van der Waals surface area (Å²) >= 11 is 5.84. The summed E-state index contributed by atoms with van der Waals surface area (Å²) in [7, 11) is -2.07. The summed E-state index contributed by atoms with van der Waals surface area (Å²) in [5.74, 6) is -0.0643. The SMILES string of the molecule is CN(Cc1ccc(C(=O)NC2CCCCCC2)cc1)S(=O)(=O)c1ccc(Cl)cc1. The molecule has 2 aromatic carbocycles. The number of benzene rings is 2. The molecule has 29 heavy (non-hydrogen) atoms. The van der Waals surface area contributed by atoms with E-state index in [0.717, 1.165) is 31.2 Å². The van der Waals surface area contributed by atoms with Crippen LogP contribution in [0, 0.1) is 0 Å². The lowest BCUT2D eigenvalue weighted by Crippen LogP contribution is -2.34. The van der Waals surface area contributed by atoms with Crippen LogP contribution in [-0.4, -0.2) is 31.7 Å². The maximum atomic E-state index is 12.7. The van der Waals surface area contributed by atoms with Crippen molar-refractivity contribution in [2.24, 2.45) is 0 Å². The summed E-state index contributed by atoms with van der Waals surface area (Å²) in [6.07, 6.45) is 6.89. The maximum Gasteiger partial charge on any atom is 0.251 e. The first kappa shape index (κ1) is 21.8. The van der Waals surface area contributed by atoms with E-state index in [2.05, 4.69) is 5.32 Å². The highest BCUT2D eigenvalue weighted by Crippen LogP contribution is 2.20. The van der Waals surface area contributed by atoms with Gasteiger partial charge < -0.3 is 5.32 Å². The highest BCUT2D eigenvalue weighted by atomic mass is 35.5. The van der Waals surface area contributed by atoms with Crippen LogP contribution in [0.4, 0.5) is 0 Å². The number of halogens is 1. The second kappa shape index (κ2) is 9.74. The number of amides is 1. The van der Waals surface area contributed by atoms with Gasteiger partial charge in [0.15, 0.2) is 0 Å². The smallest absolute Gasteiger partial charge is 0.251 e. The molecule has 5 nitrogen and oxygen atoms in total. The molecule has 0 spiro atoms. The molecule has 156 valence electrons. The van der Waals surface area contributed by atoms with Gasteiger partial charge in [-0.2, -0.15) is 4.31 Å². The van der Waals surface area contributed by atoms with Gasteiger partial charge in [0.2, 0.25) is 10.0 Å². The van der Waals surface area contributed by atoms with Crippen molar-refractivity contribution in [1.82, 2.24) is 9.62 Å². The molecular weight excluding hydrogens is 408 g/mol. The lowest BCUT2D eigenvalue weighted by Gasteiger charge is -2.18. The zero-order chi connectivity index (χ0) is 20.9. The number of sulfonamides is 1. The third kappa shape index (κ3) is 5.81. The average molecular weight is 435 g/mol. The van der Waals surface area contributed by atoms with Crippen LogP contribution >= 0.6 is 11.6 Å². The number of carbonyl (C=O) groups is 1. The molecule has 1 N–H and O–H groups in total. The molecule has 2 aromatic rings. The van der Waals surface area contributed by atoms with Gasteiger partial charge in [-0.25, -0.2) is 8.42 Å². The van der Waals surface area contributed by atoms with E-state index in [0.29, 0.717) is 10.6 Å². The lowest BCUT2D eigenvalue weighted by atomic mass is 10.1. The molecule has 3 rings (SSSR count). The monoisotopic (exact) mass is 434 g/mol. The Balaban J connectivity index is 1.62. The van der Waals surface area contributed by atoms with Gasteiger partial charge in [-0.15, -0.1) is 0 Å². The van der Waals surface area contributed by atoms with Gasteiger partial charge in [0, 0.05) is 30.2 Å². The second-order valence-corrected chi connectivity index (χ2v) is 10.1. The van der Waals surface area contributed by atoms with Crippen molar-refractivity contribution in [1.29, 1.82) is 0 Å². The summed E-state index contributed by atoms with van der Waals surface area (Å²) in [6.45, 7) is 0.218. The van der Waals surface area contributed by atoms with E-state index >= 15 is 0 Å². The van der Waals surface area contributed by atoms with Crippen LogP contribution in [0.5, 0.6) is 0 Å². The topological polar surface area (TPSA) is 66.5 Å². The minimum atomic E-state index is -3.61. The van der Waals surface area contributed by atoms with Crippen LogP contribution in [-0.2, 0) is 16.6 Å². The van der Waals surface area contributed by atoms with E-state index in [1.165, 1.54) is 36.3 Å². The Hall–Kier alpha value is -1.89. The van der Waals surface area contributed by atoms with Crippen LogP contribution in [0.3, 0.4) is 0 Å². The quantitative estimate of drug-likeness (QED) is 0.675. The first-order chi connectivity index (χ1) is 13.9. The van der Waals surface area contributed by atoms with Crippen LogP contribution in [0.15, 0.2) is 53.4 Å². The van der Waals surface area contributed by atoms with Gasteiger partial charge in [0.05, 0.1) is 4.90 Å². The Morgan fingerprint density at radius 2 is 1.59 bits per heavy atom. The van der Waals surface area contributed by atoms with Crippen molar-refractivity contribution in [3.05, 3.63) is 64.7 Å². The van der Waals surface area contributed by atoms with Gasteiger partial charge in [-0.05, 0) is 54.8 Å². The zero-order valence-corrected chi connectivity index (χ0v) is 18.2. The van der Waals surface area contributed by atoms with Crippen LogP contribution < -0.4 is 5.32 Å². The first-order valence-electron chi connectivity index (χ1n) is 9.98.